The van der Waals surface area contributed by atoms with Crippen molar-refractivity contribution in [2.45, 2.75) is 20.8 Å². The molecule has 0 atom stereocenters. The summed E-state index contributed by atoms with van der Waals surface area (Å²) < 4.78 is -0.171. The predicted octanol–water partition coefficient (Wildman–Crippen LogP) is 2.02. The third kappa shape index (κ3) is 3.49. The standard InChI is InChI=1S/C8H13IN2O2S/c1-4-10(6(3)12)8(14)11(5-2)7(9)13/h4-5H2,1-3H3. The van der Waals surface area contributed by atoms with Gasteiger partial charge in [0.25, 0.3) is 3.91 Å². The monoisotopic (exact) mass is 328 g/mol. The molecule has 0 aromatic carbocycles. The number of amides is 2. The Kier molecular flexibility index (Phi) is 6.17. The van der Waals surface area contributed by atoms with Gasteiger partial charge in [-0.15, -0.1) is 0 Å². The van der Waals surface area contributed by atoms with Crippen molar-refractivity contribution in [2.75, 3.05) is 13.1 Å². The normalized spacial score (nSPS) is 9.43. The van der Waals surface area contributed by atoms with Gasteiger partial charge in [-0.25, -0.2) is 0 Å². The van der Waals surface area contributed by atoms with Crippen LogP contribution in [0.1, 0.15) is 20.8 Å². The van der Waals surface area contributed by atoms with Crippen molar-refractivity contribution in [3.63, 3.8) is 0 Å². The van der Waals surface area contributed by atoms with Crippen molar-refractivity contribution in [3.05, 3.63) is 0 Å². The molecule has 0 bridgehead atoms. The first-order chi connectivity index (χ1) is 6.45. The van der Waals surface area contributed by atoms with E-state index in [1.54, 1.807) is 22.6 Å². The molecule has 80 valence electrons. The van der Waals surface area contributed by atoms with Crippen molar-refractivity contribution < 1.29 is 9.59 Å². The van der Waals surface area contributed by atoms with Gasteiger partial charge in [-0.1, -0.05) is 0 Å². The SMILES string of the molecule is CCN(C(C)=O)C(=S)N(CC)C(=O)I. The molecule has 14 heavy (non-hydrogen) atoms. The molecule has 0 saturated carbocycles. The van der Waals surface area contributed by atoms with Gasteiger partial charge in [-0.3, -0.25) is 19.4 Å². The highest BCUT2D eigenvalue weighted by molar-refractivity contribution is 14.1. The summed E-state index contributed by atoms with van der Waals surface area (Å²) in [5.74, 6) is -0.145. The van der Waals surface area contributed by atoms with Crippen LogP contribution in [0.3, 0.4) is 0 Å². The van der Waals surface area contributed by atoms with Gasteiger partial charge in [0, 0.05) is 42.6 Å². The molecule has 0 aliphatic rings. The third-order valence-electron chi connectivity index (χ3n) is 1.69. The second-order valence-corrected chi connectivity index (χ2v) is 3.83. The van der Waals surface area contributed by atoms with Gasteiger partial charge >= 0.3 is 0 Å². The van der Waals surface area contributed by atoms with Crippen LogP contribution in [0.4, 0.5) is 4.79 Å². The van der Waals surface area contributed by atoms with E-state index in [1.165, 1.54) is 16.7 Å². The van der Waals surface area contributed by atoms with Gasteiger partial charge in [0.05, 0.1) is 0 Å². The Morgan fingerprint density at radius 1 is 1.21 bits per heavy atom. The third-order valence-corrected chi connectivity index (χ3v) is 2.71. The fourth-order valence-electron chi connectivity index (χ4n) is 0.973. The lowest BCUT2D eigenvalue weighted by Gasteiger charge is -2.27. The zero-order valence-corrected chi connectivity index (χ0v) is 11.4. The zero-order chi connectivity index (χ0) is 11.3. The Morgan fingerprint density at radius 2 is 1.64 bits per heavy atom. The van der Waals surface area contributed by atoms with Crippen LogP contribution >= 0.6 is 34.8 Å². The minimum atomic E-state index is -0.171. The van der Waals surface area contributed by atoms with Gasteiger partial charge < -0.3 is 0 Å². The molecule has 0 spiro atoms. The van der Waals surface area contributed by atoms with Crippen LogP contribution in [0.2, 0.25) is 0 Å². The maximum Gasteiger partial charge on any atom is 0.289 e. The number of hydrogen-bond donors (Lipinski definition) is 0. The summed E-state index contributed by atoms with van der Waals surface area (Å²) >= 11 is 6.71. The highest BCUT2D eigenvalue weighted by atomic mass is 127. The molecule has 0 fully saturated rings. The van der Waals surface area contributed by atoms with E-state index < -0.39 is 0 Å². The minimum Gasteiger partial charge on any atom is -0.289 e. The van der Waals surface area contributed by atoms with E-state index in [2.05, 4.69) is 0 Å². The summed E-state index contributed by atoms with van der Waals surface area (Å²) in [7, 11) is 0. The average molecular weight is 328 g/mol. The first kappa shape index (κ1) is 13.8. The lowest BCUT2D eigenvalue weighted by Crippen LogP contribution is -2.45. The first-order valence-electron chi connectivity index (χ1n) is 4.24. The molecule has 0 N–H and O–H groups in total. The molecule has 0 aromatic rings. The van der Waals surface area contributed by atoms with E-state index in [0.29, 0.717) is 13.1 Å². The summed E-state index contributed by atoms with van der Waals surface area (Å²) in [4.78, 5) is 25.1. The van der Waals surface area contributed by atoms with E-state index in [4.69, 9.17) is 12.2 Å². The maximum absolute atomic E-state index is 11.2. The molecule has 0 radical (unpaired) electrons. The quantitative estimate of drug-likeness (QED) is 0.337. The van der Waals surface area contributed by atoms with Crippen molar-refractivity contribution in [2.24, 2.45) is 0 Å². The predicted molar refractivity (Wildman–Crippen MR) is 67.5 cm³/mol. The maximum atomic E-state index is 11.2. The first-order valence-corrected chi connectivity index (χ1v) is 5.73. The van der Waals surface area contributed by atoms with E-state index in [-0.39, 0.29) is 14.9 Å². The number of halogens is 1. The molecular weight excluding hydrogens is 315 g/mol. The second kappa shape index (κ2) is 6.28. The van der Waals surface area contributed by atoms with Crippen molar-refractivity contribution in [1.29, 1.82) is 0 Å². The van der Waals surface area contributed by atoms with Crippen LogP contribution in [0.5, 0.6) is 0 Å². The molecule has 0 aromatic heterocycles. The molecule has 0 aliphatic heterocycles. The van der Waals surface area contributed by atoms with Crippen LogP contribution in [0.15, 0.2) is 0 Å². The number of thiocarbonyl (C=S) groups is 1. The van der Waals surface area contributed by atoms with Crippen LogP contribution in [-0.4, -0.2) is 37.8 Å². The lowest BCUT2D eigenvalue weighted by molar-refractivity contribution is -0.125. The summed E-state index contributed by atoms with van der Waals surface area (Å²) in [5.41, 5.74) is 0. The number of rotatable bonds is 2. The number of hydrogen-bond acceptors (Lipinski definition) is 3. The van der Waals surface area contributed by atoms with E-state index in [9.17, 15) is 9.59 Å². The van der Waals surface area contributed by atoms with Gasteiger partial charge in [0.15, 0.2) is 5.11 Å². The van der Waals surface area contributed by atoms with Crippen LogP contribution < -0.4 is 0 Å². The van der Waals surface area contributed by atoms with Gasteiger partial charge in [0.1, 0.15) is 0 Å². The van der Waals surface area contributed by atoms with Crippen LogP contribution in [0, 0.1) is 0 Å². The molecule has 0 rings (SSSR count). The fraction of sp³-hybridized carbons (Fsp3) is 0.625. The average Bonchev–Trinajstić information content (AvgIpc) is 2.04. The van der Waals surface area contributed by atoms with Gasteiger partial charge in [-0.05, 0) is 26.1 Å². The largest absolute Gasteiger partial charge is 0.289 e. The van der Waals surface area contributed by atoms with Crippen molar-refractivity contribution in [3.8, 4) is 0 Å². The Morgan fingerprint density at radius 3 is 1.86 bits per heavy atom. The summed E-state index contributed by atoms with van der Waals surface area (Å²) in [6.45, 7) is 6.02. The Balaban J connectivity index is 4.71. The zero-order valence-electron chi connectivity index (χ0n) is 8.41. The number of nitrogens with zero attached hydrogens (tertiary/aromatic N) is 2. The molecule has 0 saturated heterocycles. The Labute approximate surface area is 103 Å². The topological polar surface area (TPSA) is 40.6 Å². The minimum absolute atomic E-state index is 0.145. The molecule has 6 heteroatoms. The van der Waals surface area contributed by atoms with E-state index >= 15 is 0 Å². The van der Waals surface area contributed by atoms with E-state index in [1.807, 2.05) is 13.8 Å². The number of carbonyl (C=O) groups excluding carboxylic acids is 2. The lowest BCUT2D eigenvalue weighted by atomic mass is 10.5. The summed E-state index contributed by atoms with van der Waals surface area (Å²) in [6, 6.07) is 0. The molecule has 2 amide bonds. The highest BCUT2D eigenvalue weighted by Crippen LogP contribution is 2.05. The number of carbonyl (C=O) groups is 2. The Hall–Kier alpha value is -0.240. The summed E-state index contributed by atoms with van der Waals surface area (Å²) in [6.07, 6.45) is 0. The van der Waals surface area contributed by atoms with Gasteiger partial charge in [0.2, 0.25) is 5.91 Å². The van der Waals surface area contributed by atoms with Crippen molar-refractivity contribution >= 4 is 49.7 Å². The molecular formula is C8H13IN2O2S. The smallest absolute Gasteiger partial charge is 0.289 e. The van der Waals surface area contributed by atoms with Crippen LogP contribution in [0.25, 0.3) is 0 Å². The van der Waals surface area contributed by atoms with Crippen molar-refractivity contribution in [1.82, 2.24) is 9.80 Å². The summed E-state index contributed by atoms with van der Waals surface area (Å²) in [5, 5.41) is 0.280. The highest BCUT2D eigenvalue weighted by Gasteiger charge is 2.20. The fourth-order valence-corrected chi connectivity index (χ4v) is 2.18. The van der Waals surface area contributed by atoms with Gasteiger partial charge in [-0.2, -0.15) is 0 Å². The van der Waals surface area contributed by atoms with E-state index in [0.717, 1.165) is 0 Å². The molecule has 0 unspecified atom stereocenters. The Bertz CT molecular complexity index is 234. The van der Waals surface area contributed by atoms with Crippen LogP contribution in [-0.2, 0) is 4.79 Å². The second-order valence-electron chi connectivity index (χ2n) is 2.54. The molecule has 0 heterocycles. The molecule has 0 aliphatic carbocycles. The molecule has 4 nitrogen and oxygen atoms in total.